The number of carbonyl (C=O) groups excluding carboxylic acids is 3. The number of fused-ring (bicyclic) bond motifs is 3. The van der Waals surface area contributed by atoms with Crippen LogP contribution in [0.1, 0.15) is 79.9 Å². The Kier molecular flexibility index (Phi) is 11.4. The number of H-pyrrole nitrogens is 1. The number of imidazole rings is 1. The van der Waals surface area contributed by atoms with Gasteiger partial charge in [0.1, 0.15) is 18.1 Å². The zero-order valence-corrected chi connectivity index (χ0v) is 32.7. The zero-order valence-electron chi connectivity index (χ0n) is 32.7. The first-order valence-corrected chi connectivity index (χ1v) is 20.2. The van der Waals surface area contributed by atoms with E-state index in [4.69, 9.17) is 9.84 Å². The summed E-state index contributed by atoms with van der Waals surface area (Å²) >= 11 is 0. The van der Waals surface area contributed by atoms with Crippen LogP contribution >= 0.6 is 0 Å². The predicted molar refractivity (Wildman–Crippen MR) is 219 cm³/mol. The summed E-state index contributed by atoms with van der Waals surface area (Å²) in [4.78, 5) is 45.7. The number of aldehydes is 1. The Labute approximate surface area is 331 Å². The Hall–Kier alpha value is -5.83. The molecule has 0 spiro atoms. The van der Waals surface area contributed by atoms with Gasteiger partial charge in [0.25, 0.3) is 5.91 Å². The van der Waals surface area contributed by atoms with Crippen LogP contribution in [0.2, 0.25) is 0 Å². The minimum absolute atomic E-state index is 0.0585. The minimum atomic E-state index is -0.439. The molecule has 15 nitrogen and oxygen atoms in total. The van der Waals surface area contributed by atoms with E-state index in [2.05, 4.69) is 52.8 Å². The van der Waals surface area contributed by atoms with Crippen molar-refractivity contribution in [3.8, 4) is 5.75 Å². The molecule has 1 saturated heterocycles. The summed E-state index contributed by atoms with van der Waals surface area (Å²) in [5.74, 6) is 1.61. The van der Waals surface area contributed by atoms with E-state index in [1.165, 1.54) is 44.3 Å². The number of aromatic nitrogens is 7. The van der Waals surface area contributed by atoms with E-state index in [1.807, 2.05) is 29.8 Å². The number of benzene rings is 2. The molecule has 57 heavy (non-hydrogen) atoms. The monoisotopic (exact) mass is 773 g/mol. The van der Waals surface area contributed by atoms with Gasteiger partial charge < -0.3 is 25.1 Å². The fourth-order valence-electron chi connectivity index (χ4n) is 8.14. The Morgan fingerprint density at radius 2 is 1.84 bits per heavy atom. The molecule has 6 aromatic rings. The number of carbonyl (C=O) groups is 3. The van der Waals surface area contributed by atoms with Crippen LogP contribution < -0.4 is 20.3 Å². The lowest BCUT2D eigenvalue weighted by Gasteiger charge is -2.38. The molecule has 9 rings (SSSR count). The highest BCUT2D eigenvalue weighted by Crippen LogP contribution is 2.34. The van der Waals surface area contributed by atoms with Crippen LogP contribution in [0.15, 0.2) is 61.1 Å². The number of rotatable bonds is 12. The van der Waals surface area contributed by atoms with E-state index >= 15 is 0 Å². The summed E-state index contributed by atoms with van der Waals surface area (Å²) in [5, 5.41) is 23.3. The summed E-state index contributed by atoms with van der Waals surface area (Å²) in [5.41, 5.74) is 5.08. The molecule has 1 unspecified atom stereocenters. The van der Waals surface area contributed by atoms with E-state index in [0.29, 0.717) is 35.6 Å². The quantitative estimate of drug-likeness (QED) is 0.131. The average molecular weight is 774 g/mol. The fourth-order valence-corrected chi connectivity index (χ4v) is 8.14. The number of piperazine rings is 1. The second kappa shape index (κ2) is 17.1. The molecule has 298 valence electrons. The molecule has 2 amide bonds. The molecule has 1 atom stereocenters. The second-order valence-electron chi connectivity index (χ2n) is 15.4. The molecule has 1 aliphatic heterocycles. The number of hydrogen-bond acceptors (Lipinski definition) is 10. The molecule has 4 aromatic heterocycles. The highest BCUT2D eigenvalue weighted by atomic mass is 16.5. The highest BCUT2D eigenvalue weighted by Gasteiger charge is 2.28. The van der Waals surface area contributed by atoms with Crippen molar-refractivity contribution >= 4 is 57.1 Å². The molecular formula is C42H51N11O4. The Morgan fingerprint density at radius 1 is 1.02 bits per heavy atom. The highest BCUT2D eigenvalue weighted by molar-refractivity contribution is 6.08. The molecule has 3 N–H and O–H groups in total. The van der Waals surface area contributed by atoms with Crippen LogP contribution in [0.5, 0.6) is 5.75 Å². The van der Waals surface area contributed by atoms with Gasteiger partial charge in [0.15, 0.2) is 11.5 Å². The molecule has 0 radical (unpaired) electrons. The van der Waals surface area contributed by atoms with Crippen molar-refractivity contribution < 1.29 is 19.1 Å². The van der Waals surface area contributed by atoms with Gasteiger partial charge in [0.2, 0.25) is 5.91 Å². The van der Waals surface area contributed by atoms with Crippen molar-refractivity contribution in [3.05, 3.63) is 72.3 Å². The Balaban J connectivity index is 0.000000164. The average Bonchev–Trinajstić information content (AvgIpc) is 3.61. The maximum absolute atomic E-state index is 12.9. The first kappa shape index (κ1) is 38.1. The van der Waals surface area contributed by atoms with Gasteiger partial charge >= 0.3 is 0 Å². The van der Waals surface area contributed by atoms with Crippen LogP contribution in [0, 0.1) is 12.8 Å². The third-order valence-electron chi connectivity index (χ3n) is 11.4. The molecule has 2 saturated carbocycles. The van der Waals surface area contributed by atoms with Crippen molar-refractivity contribution in [2.45, 2.75) is 76.9 Å². The summed E-state index contributed by atoms with van der Waals surface area (Å²) in [6.45, 7) is 7.50. The first-order valence-electron chi connectivity index (χ1n) is 20.2. The summed E-state index contributed by atoms with van der Waals surface area (Å²) in [6, 6.07) is 13.1. The van der Waals surface area contributed by atoms with E-state index in [-0.39, 0.29) is 17.9 Å². The molecule has 2 aliphatic carbocycles. The Bertz CT molecular complexity index is 2350. The maximum Gasteiger partial charge on any atom is 0.260 e. The second-order valence-corrected chi connectivity index (χ2v) is 15.4. The van der Waals surface area contributed by atoms with Gasteiger partial charge in [-0.25, -0.2) is 4.98 Å². The van der Waals surface area contributed by atoms with Crippen LogP contribution in [-0.2, 0) is 9.59 Å². The van der Waals surface area contributed by atoms with Crippen molar-refractivity contribution in [2.75, 3.05) is 50.0 Å². The molecule has 3 aliphatic rings. The molecule has 5 heterocycles. The topological polar surface area (TPSA) is 168 Å². The SMILES string of the molecule is CNC(=O)CCC(C=O)n1nc(C)c2c(N3CCN(CC4CCCCC4)CC3)cccc21.O=C(Nc1cnc2cccnn12)c1cc2cn[nH]c2cc1OC1CC1. The molecule has 3 fully saturated rings. The van der Waals surface area contributed by atoms with Gasteiger partial charge in [-0.15, -0.1) is 0 Å². The van der Waals surface area contributed by atoms with Crippen LogP contribution in [0.25, 0.3) is 27.5 Å². The van der Waals surface area contributed by atoms with Gasteiger partial charge in [-0.2, -0.15) is 19.8 Å². The number of aromatic amines is 1. The minimum Gasteiger partial charge on any atom is -0.490 e. The van der Waals surface area contributed by atoms with E-state index in [0.717, 1.165) is 78.7 Å². The third kappa shape index (κ3) is 8.63. The first-order chi connectivity index (χ1) is 27.9. The molecule has 15 heteroatoms. The smallest absolute Gasteiger partial charge is 0.260 e. The standard InChI is InChI=1S/C25H37N5O2.C17H14N6O2/c1-19-25-22(29-15-13-28(14-16-29)17-20-7-4-3-5-8-20)9-6-10-23(25)30(27-19)21(18-31)11-12-24(32)26-2;24-17(21-16-9-18-15-2-1-5-20-23(15)16)12-6-10-8-19-22-13(10)7-14(12)25-11-3-4-11/h6,9-10,18,20-21H,3-5,7-8,11-17H2,1-2H3,(H,26,32);1-2,5-9,11H,3-4H2,(H,19,22)(H,21,24). The lowest BCUT2D eigenvalue weighted by atomic mass is 9.89. The van der Waals surface area contributed by atoms with Gasteiger partial charge in [0.05, 0.1) is 40.8 Å². The number of nitrogens with one attached hydrogen (secondary N) is 3. The van der Waals surface area contributed by atoms with Crippen LogP contribution in [0.4, 0.5) is 11.5 Å². The maximum atomic E-state index is 12.9. The number of ether oxygens (including phenoxy) is 1. The summed E-state index contributed by atoms with van der Waals surface area (Å²) in [7, 11) is 1.62. The number of anilines is 2. The number of hydrogen-bond donors (Lipinski definition) is 3. The normalized spacial score (nSPS) is 17.0. The van der Waals surface area contributed by atoms with Gasteiger partial charge in [-0.05, 0) is 75.3 Å². The van der Waals surface area contributed by atoms with E-state index < -0.39 is 6.04 Å². The number of nitrogens with zero attached hydrogens (tertiary/aromatic N) is 8. The summed E-state index contributed by atoms with van der Waals surface area (Å²) in [6.07, 6.45) is 15.8. The summed E-state index contributed by atoms with van der Waals surface area (Å²) < 4.78 is 9.30. The van der Waals surface area contributed by atoms with E-state index in [1.54, 1.807) is 42.3 Å². The predicted octanol–water partition coefficient (Wildman–Crippen LogP) is 5.71. The number of aryl methyl sites for hydroxylation is 1. The number of amides is 2. The molecule has 2 aromatic carbocycles. The van der Waals surface area contributed by atoms with Crippen molar-refractivity contribution in [1.29, 1.82) is 0 Å². The van der Waals surface area contributed by atoms with Gasteiger partial charge in [-0.1, -0.05) is 25.3 Å². The van der Waals surface area contributed by atoms with E-state index in [9.17, 15) is 14.4 Å². The van der Waals surface area contributed by atoms with Crippen LogP contribution in [0.3, 0.4) is 0 Å². The fraction of sp³-hybridized carbons (Fsp3) is 0.452. The third-order valence-corrected chi connectivity index (χ3v) is 11.4. The lowest BCUT2D eigenvalue weighted by molar-refractivity contribution is -0.121. The van der Waals surface area contributed by atoms with Crippen molar-refractivity contribution in [3.63, 3.8) is 0 Å². The largest absolute Gasteiger partial charge is 0.490 e. The molecule has 0 bridgehead atoms. The molecular weight excluding hydrogens is 723 g/mol. The Morgan fingerprint density at radius 3 is 2.61 bits per heavy atom. The van der Waals surface area contributed by atoms with Gasteiger partial charge in [-0.3, -0.25) is 24.3 Å². The van der Waals surface area contributed by atoms with Crippen molar-refractivity contribution in [2.24, 2.45) is 5.92 Å². The lowest BCUT2D eigenvalue weighted by Crippen LogP contribution is -2.48. The zero-order chi connectivity index (χ0) is 39.3. The van der Waals surface area contributed by atoms with Crippen molar-refractivity contribution in [1.82, 2.24) is 44.8 Å². The van der Waals surface area contributed by atoms with Gasteiger partial charge in [0, 0.05) is 74.9 Å². The van der Waals surface area contributed by atoms with Crippen LogP contribution in [-0.4, -0.2) is 103 Å².